The molecule has 9 heteroatoms. The minimum absolute atomic E-state index is 0.167. The maximum atomic E-state index is 14.8. The van der Waals surface area contributed by atoms with Gasteiger partial charge in [-0.1, -0.05) is 13.8 Å². The van der Waals surface area contributed by atoms with Gasteiger partial charge in [-0.2, -0.15) is 10.4 Å². The monoisotopic (exact) mass is 457 g/mol. The predicted molar refractivity (Wildman–Crippen MR) is 128 cm³/mol. The number of hydrazine groups is 1. The molecule has 32 heavy (non-hydrogen) atoms. The van der Waals surface area contributed by atoms with Gasteiger partial charge >= 0.3 is 0 Å². The summed E-state index contributed by atoms with van der Waals surface area (Å²) in [5.41, 5.74) is 8.82. The summed E-state index contributed by atoms with van der Waals surface area (Å²) >= 11 is 0. The molecule has 0 radical (unpaired) electrons. The van der Waals surface area contributed by atoms with Crippen LogP contribution in [0.1, 0.15) is 54.6 Å². The molecular weight excluding hydrogens is 424 g/mol. The molecule has 2 unspecified atom stereocenters. The summed E-state index contributed by atoms with van der Waals surface area (Å²) in [5.74, 6) is 0.460. The molecule has 0 aliphatic carbocycles. The predicted octanol–water partition coefficient (Wildman–Crippen LogP) is 2.80. The largest absolute Gasteiger partial charge is 0.367 e. The first kappa shape index (κ1) is 23.1. The van der Waals surface area contributed by atoms with Crippen molar-refractivity contribution in [3.05, 3.63) is 40.5 Å². The van der Waals surface area contributed by atoms with Crippen LogP contribution < -0.4 is 20.7 Å². The van der Waals surface area contributed by atoms with Gasteiger partial charge in [-0.05, 0) is 53.2 Å². The van der Waals surface area contributed by atoms with Gasteiger partial charge in [0.2, 0.25) is 0 Å². The quantitative estimate of drug-likeness (QED) is 0.555. The summed E-state index contributed by atoms with van der Waals surface area (Å²) in [5, 5.41) is 23.1. The third-order valence-corrected chi connectivity index (χ3v) is 7.72. The van der Waals surface area contributed by atoms with E-state index < -0.39 is 0 Å². The van der Waals surface area contributed by atoms with Gasteiger partial charge < -0.3 is 4.90 Å². The summed E-state index contributed by atoms with van der Waals surface area (Å²) in [4.78, 5) is 2.23. The Hall–Kier alpha value is -2.04. The average molecular weight is 458 g/mol. The van der Waals surface area contributed by atoms with E-state index in [0.717, 1.165) is 41.0 Å². The van der Waals surface area contributed by atoms with Crippen molar-refractivity contribution in [1.82, 2.24) is 25.7 Å². The van der Waals surface area contributed by atoms with E-state index in [4.69, 9.17) is 0 Å². The Kier molecular flexibility index (Phi) is 6.56. The van der Waals surface area contributed by atoms with Gasteiger partial charge in [-0.15, -0.1) is 0 Å². The van der Waals surface area contributed by atoms with Crippen molar-refractivity contribution in [3.63, 3.8) is 0 Å². The fraction of sp³-hybridized carbons (Fsp3) is 0.565. The zero-order valence-electron chi connectivity index (χ0n) is 19.5. The summed E-state index contributed by atoms with van der Waals surface area (Å²) in [6.45, 7) is 11.5. The Balaban J connectivity index is 1.55. The van der Waals surface area contributed by atoms with Crippen molar-refractivity contribution in [1.29, 1.82) is 5.26 Å². The minimum Gasteiger partial charge on any atom is -0.367 e. The Bertz CT molecular complexity index is 1000. The molecule has 3 heterocycles. The van der Waals surface area contributed by atoms with Crippen molar-refractivity contribution >= 4 is 19.7 Å². The zero-order chi connectivity index (χ0) is 23.0. The van der Waals surface area contributed by atoms with Crippen LogP contribution in [0.25, 0.3) is 0 Å². The number of hydrogen-bond acceptors (Lipinski definition) is 6. The molecule has 2 fully saturated rings. The number of aryl methyl sites for hydroxylation is 2. The van der Waals surface area contributed by atoms with Crippen molar-refractivity contribution in [2.75, 3.05) is 38.1 Å². The summed E-state index contributed by atoms with van der Waals surface area (Å²) in [7, 11) is 2.09. The number of aromatic nitrogens is 2. The van der Waals surface area contributed by atoms with E-state index in [1.807, 2.05) is 20.0 Å². The molecule has 1 aromatic carbocycles. The number of H-pyrrole nitrogens is 1. The average Bonchev–Trinajstić information content (AvgIpc) is 3.32. The molecule has 1 aromatic heterocycles. The molecule has 7 nitrogen and oxygen atoms in total. The van der Waals surface area contributed by atoms with Crippen LogP contribution >= 0.6 is 8.73 Å². The van der Waals surface area contributed by atoms with E-state index >= 15 is 0 Å². The van der Waals surface area contributed by atoms with Gasteiger partial charge in [0.1, 0.15) is 5.82 Å². The van der Waals surface area contributed by atoms with Gasteiger partial charge in [0, 0.05) is 54.3 Å². The molecule has 2 saturated heterocycles. The number of halogens is 1. The molecular formula is C23H33FN7P. The maximum absolute atomic E-state index is 14.8. The van der Waals surface area contributed by atoms with Crippen LogP contribution in [0.3, 0.4) is 0 Å². The van der Waals surface area contributed by atoms with Gasteiger partial charge in [-0.25, -0.2) is 9.40 Å². The number of benzene rings is 1. The minimum atomic E-state index is -0.273. The number of nitrogens with one attached hydrogen (secondary N) is 3. The Labute approximate surface area is 191 Å². The molecule has 0 saturated carbocycles. The highest BCUT2D eigenvalue weighted by Gasteiger charge is 2.51. The van der Waals surface area contributed by atoms with E-state index in [2.05, 4.69) is 57.5 Å². The van der Waals surface area contributed by atoms with Crippen LogP contribution in [-0.2, 0) is 0 Å². The molecule has 3 N–H and O–H groups in total. The molecule has 4 rings (SSSR count). The van der Waals surface area contributed by atoms with E-state index in [1.165, 1.54) is 5.56 Å². The standard InChI is InChI=1S/C23H33FN7P/c1-14(2)18-8-21(32-26-5)19(24)9-20(18)30-12-23(13-30,6-7-25)31-11-17(10-27-31)22-15(3)28-29-16(22)4/h8-9,14,17,26-27,32H,6,10-13H2,1-5H3,(H,28,29). The highest BCUT2D eigenvalue weighted by Crippen LogP contribution is 2.40. The van der Waals surface area contributed by atoms with Gasteiger partial charge in [0.25, 0.3) is 0 Å². The molecule has 0 spiro atoms. The fourth-order valence-electron chi connectivity index (χ4n) is 5.19. The lowest BCUT2D eigenvalue weighted by Gasteiger charge is -2.55. The van der Waals surface area contributed by atoms with Gasteiger partial charge in [-0.3, -0.25) is 15.6 Å². The second-order valence-electron chi connectivity index (χ2n) is 9.35. The molecule has 2 aliphatic heterocycles. The second-order valence-corrected chi connectivity index (χ2v) is 10.6. The Morgan fingerprint density at radius 3 is 2.72 bits per heavy atom. The van der Waals surface area contributed by atoms with E-state index in [1.54, 1.807) is 6.07 Å². The van der Waals surface area contributed by atoms with Gasteiger partial charge in [0.15, 0.2) is 0 Å². The van der Waals surface area contributed by atoms with E-state index in [9.17, 15) is 9.65 Å². The highest BCUT2D eigenvalue weighted by atomic mass is 31.1. The first-order valence-corrected chi connectivity index (χ1v) is 12.2. The highest BCUT2D eigenvalue weighted by molar-refractivity contribution is 7.45. The number of hydrogen-bond donors (Lipinski definition) is 3. The SMILES string of the molecule is CNPc1cc(C(C)C)c(N2CC(CC#N)(N3CC(c4c(C)n[nH]c4C)CN3)C2)cc1F. The maximum Gasteiger partial charge on any atom is 0.133 e. The lowest BCUT2D eigenvalue weighted by Crippen LogP contribution is -2.72. The number of nitriles is 1. The van der Waals surface area contributed by atoms with Gasteiger partial charge in [0.05, 0.1) is 23.7 Å². The Morgan fingerprint density at radius 2 is 2.12 bits per heavy atom. The third-order valence-electron chi connectivity index (χ3n) is 6.81. The number of anilines is 1. The molecule has 0 bridgehead atoms. The van der Waals surface area contributed by atoms with Crippen molar-refractivity contribution < 1.29 is 4.39 Å². The molecule has 0 amide bonds. The molecule has 2 atom stereocenters. The van der Waals surface area contributed by atoms with E-state index in [-0.39, 0.29) is 20.1 Å². The smallest absolute Gasteiger partial charge is 0.133 e. The summed E-state index contributed by atoms with van der Waals surface area (Å²) in [6, 6.07) is 6.09. The number of rotatable bonds is 7. The molecule has 2 aromatic rings. The van der Waals surface area contributed by atoms with Crippen LogP contribution in [0.4, 0.5) is 10.1 Å². The lowest BCUT2D eigenvalue weighted by molar-refractivity contribution is 0.0427. The summed E-state index contributed by atoms with van der Waals surface area (Å²) in [6.07, 6.45) is 0.436. The third kappa shape index (κ3) is 4.04. The van der Waals surface area contributed by atoms with Crippen molar-refractivity contribution in [3.8, 4) is 6.07 Å². The van der Waals surface area contributed by atoms with Crippen molar-refractivity contribution in [2.24, 2.45) is 0 Å². The molecule has 2 aliphatic rings. The second kappa shape index (κ2) is 9.07. The molecule has 172 valence electrons. The first-order chi connectivity index (χ1) is 15.3. The van der Waals surface area contributed by atoms with E-state index in [0.29, 0.717) is 31.3 Å². The van der Waals surface area contributed by atoms with Crippen LogP contribution in [-0.4, -0.2) is 54.0 Å². The van der Waals surface area contributed by atoms with Crippen LogP contribution in [0.15, 0.2) is 12.1 Å². The van der Waals surface area contributed by atoms with Crippen LogP contribution in [0.2, 0.25) is 0 Å². The lowest BCUT2D eigenvalue weighted by atomic mass is 9.83. The topological polar surface area (TPSA) is 83.0 Å². The summed E-state index contributed by atoms with van der Waals surface area (Å²) < 4.78 is 14.8. The zero-order valence-corrected chi connectivity index (χ0v) is 20.5. The van der Waals surface area contributed by atoms with Crippen LogP contribution in [0, 0.1) is 31.0 Å². The number of aromatic amines is 1. The number of nitrogens with zero attached hydrogens (tertiary/aromatic N) is 4. The van der Waals surface area contributed by atoms with Crippen LogP contribution in [0.5, 0.6) is 0 Å². The normalized spacial score (nSPS) is 20.9. The van der Waals surface area contributed by atoms with Crippen molar-refractivity contribution in [2.45, 2.75) is 51.5 Å². The Morgan fingerprint density at radius 1 is 1.38 bits per heavy atom. The fourth-order valence-corrected chi connectivity index (χ4v) is 5.88. The first-order valence-electron chi connectivity index (χ1n) is 11.2.